The lowest BCUT2D eigenvalue weighted by molar-refractivity contribution is 0.309. The molecule has 0 saturated heterocycles. The van der Waals surface area contributed by atoms with Crippen LogP contribution in [0.4, 0.5) is 17.6 Å². The highest BCUT2D eigenvalue weighted by Gasteiger charge is 2.20. The number of fused-ring (bicyclic) bond motifs is 2. The Labute approximate surface area is 209 Å². The molecule has 0 bridgehead atoms. The van der Waals surface area contributed by atoms with Gasteiger partial charge in [-0.15, -0.1) is 12.8 Å². The second-order valence-corrected chi connectivity index (χ2v) is 9.68. The van der Waals surface area contributed by atoms with Crippen LogP contribution in [-0.2, 0) is 34.3 Å². The second kappa shape index (κ2) is 9.63. The van der Waals surface area contributed by atoms with Gasteiger partial charge in [-0.3, -0.25) is 4.79 Å². The molecule has 0 unspecified atom stereocenters. The Morgan fingerprint density at radius 2 is 2.11 bits per heavy atom. The maximum Gasteiger partial charge on any atom is 0.278 e. The number of rotatable bonds is 6. The van der Waals surface area contributed by atoms with Crippen LogP contribution >= 0.6 is 0 Å². The fourth-order valence-corrected chi connectivity index (χ4v) is 4.70. The fourth-order valence-electron chi connectivity index (χ4n) is 4.33. The lowest BCUT2D eigenvalue weighted by atomic mass is 10.0. The summed E-state index contributed by atoms with van der Waals surface area (Å²) < 4.78 is 18.7. The zero-order valence-corrected chi connectivity index (χ0v) is 21.1. The second-order valence-electron chi connectivity index (χ2n) is 8.65. The van der Waals surface area contributed by atoms with Crippen molar-refractivity contribution in [3.8, 4) is 5.82 Å². The molecule has 36 heavy (non-hydrogen) atoms. The van der Waals surface area contributed by atoms with Crippen molar-refractivity contribution in [2.75, 3.05) is 25.2 Å². The number of hydrogen-bond donors (Lipinski definition) is 1. The SMILES string of the molecule is C=CCn1c(=O)c2cnc(Nc3cc(C)c4c(n3)CCN(C)C4)nc2n1-c1cccc(N=[S-](C)=O)n1. The van der Waals surface area contributed by atoms with E-state index in [1.807, 2.05) is 6.07 Å². The number of nitrogens with one attached hydrogen (secondary N) is 1. The van der Waals surface area contributed by atoms with Crippen molar-refractivity contribution in [1.29, 1.82) is 0 Å². The predicted octanol–water partition coefficient (Wildman–Crippen LogP) is 3.01. The molecule has 0 atom stereocenters. The first-order valence-corrected chi connectivity index (χ1v) is 12.9. The van der Waals surface area contributed by atoms with E-state index >= 15 is 0 Å². The van der Waals surface area contributed by atoms with E-state index in [0.29, 0.717) is 34.4 Å². The number of aryl methyl sites for hydroxylation is 1. The number of anilines is 2. The molecule has 11 nitrogen and oxygen atoms in total. The minimum atomic E-state index is -1.42. The van der Waals surface area contributed by atoms with E-state index in [1.54, 1.807) is 29.0 Å². The van der Waals surface area contributed by atoms with Gasteiger partial charge < -0.3 is 18.8 Å². The zero-order valence-electron chi connectivity index (χ0n) is 20.3. The molecule has 5 heterocycles. The van der Waals surface area contributed by atoms with Crippen molar-refractivity contribution in [3.63, 3.8) is 0 Å². The highest BCUT2D eigenvalue weighted by Crippen LogP contribution is 2.25. The van der Waals surface area contributed by atoms with Gasteiger partial charge in [-0.2, -0.15) is 15.6 Å². The number of hydrogen-bond acceptors (Lipinski definition) is 10. The fraction of sp³-hybridized carbons (Fsp3) is 0.292. The van der Waals surface area contributed by atoms with Crippen LogP contribution in [0, 0.1) is 6.92 Å². The van der Waals surface area contributed by atoms with Gasteiger partial charge in [0.25, 0.3) is 5.56 Å². The normalized spacial score (nSPS) is 14.6. The van der Waals surface area contributed by atoms with E-state index in [4.69, 9.17) is 4.98 Å². The van der Waals surface area contributed by atoms with Crippen LogP contribution < -0.4 is 10.9 Å². The summed E-state index contributed by atoms with van der Waals surface area (Å²) in [5, 5.41) is 3.54. The van der Waals surface area contributed by atoms with Crippen LogP contribution in [0.3, 0.4) is 0 Å². The lowest BCUT2D eigenvalue weighted by Gasteiger charge is -2.26. The van der Waals surface area contributed by atoms with Gasteiger partial charge in [-0.25, -0.2) is 24.3 Å². The third-order valence-corrected chi connectivity index (χ3v) is 6.41. The summed E-state index contributed by atoms with van der Waals surface area (Å²) in [7, 11) is 0.687. The first-order chi connectivity index (χ1) is 17.3. The average Bonchev–Trinajstić information content (AvgIpc) is 3.10. The van der Waals surface area contributed by atoms with Gasteiger partial charge in [-0.1, -0.05) is 12.1 Å². The minimum Gasteiger partial charge on any atom is -0.444 e. The topological polar surface area (TPSA) is 123 Å². The predicted molar refractivity (Wildman–Crippen MR) is 139 cm³/mol. The summed E-state index contributed by atoms with van der Waals surface area (Å²) in [5.74, 6) is 1.66. The van der Waals surface area contributed by atoms with Crippen molar-refractivity contribution < 1.29 is 4.21 Å². The summed E-state index contributed by atoms with van der Waals surface area (Å²) in [5.41, 5.74) is 3.58. The van der Waals surface area contributed by atoms with Crippen molar-refractivity contribution >= 4 is 39.2 Å². The van der Waals surface area contributed by atoms with Crippen LogP contribution in [0.15, 0.2) is 52.3 Å². The third kappa shape index (κ3) is 4.52. The van der Waals surface area contributed by atoms with E-state index < -0.39 is 10.6 Å². The molecular formula is C24H26N9O2S-. The lowest BCUT2D eigenvalue weighted by Crippen LogP contribution is -2.28. The molecule has 0 spiro atoms. The van der Waals surface area contributed by atoms with Crippen LogP contribution in [-0.4, -0.2) is 54.0 Å². The monoisotopic (exact) mass is 504 g/mol. The van der Waals surface area contributed by atoms with Gasteiger partial charge in [-0.05, 0) is 43.3 Å². The summed E-state index contributed by atoms with van der Waals surface area (Å²) >= 11 is 0. The van der Waals surface area contributed by atoms with Crippen LogP contribution in [0.5, 0.6) is 0 Å². The summed E-state index contributed by atoms with van der Waals surface area (Å²) in [6.07, 6.45) is 5.46. The minimum absolute atomic E-state index is 0.237. The number of pyridine rings is 2. The summed E-state index contributed by atoms with van der Waals surface area (Å²) in [4.78, 5) is 33.8. The van der Waals surface area contributed by atoms with E-state index in [9.17, 15) is 9.00 Å². The largest absolute Gasteiger partial charge is 0.444 e. The number of likely N-dealkylation sites (N-methyl/N-ethyl adjacent to an activating group) is 1. The molecule has 0 saturated carbocycles. The summed E-state index contributed by atoms with van der Waals surface area (Å²) in [6.45, 7) is 7.92. The molecule has 0 aliphatic carbocycles. The molecule has 0 fully saturated rings. The molecular weight excluding hydrogens is 478 g/mol. The first-order valence-electron chi connectivity index (χ1n) is 11.4. The molecule has 0 aromatic carbocycles. The maximum absolute atomic E-state index is 13.2. The first kappa shape index (κ1) is 23.8. The Hall–Kier alpha value is -3.90. The molecule has 186 valence electrons. The molecule has 0 amide bonds. The van der Waals surface area contributed by atoms with Crippen molar-refractivity contribution in [3.05, 3.63) is 70.3 Å². The molecule has 1 aliphatic rings. The van der Waals surface area contributed by atoms with Crippen molar-refractivity contribution in [1.82, 2.24) is 34.2 Å². The van der Waals surface area contributed by atoms with Gasteiger partial charge in [0.2, 0.25) is 5.95 Å². The van der Waals surface area contributed by atoms with E-state index in [1.165, 1.54) is 22.7 Å². The van der Waals surface area contributed by atoms with Crippen molar-refractivity contribution in [2.24, 2.45) is 4.36 Å². The van der Waals surface area contributed by atoms with Gasteiger partial charge in [0.05, 0.1) is 6.54 Å². The molecule has 5 rings (SSSR count). The molecule has 4 aromatic rings. The standard InChI is InChI=1S/C24H26N9O2S/c1-5-10-32-23(34)16-13-25-24(28-20-12-15(2)17-14-31(3)11-9-18(17)26-20)29-22(16)33(32)21-8-6-7-19(27-21)30-36(4)35/h5-8,12-13H,1,9-11,14H2,2-4H3,(H,25,26,28,29)/q-1. The number of aromatic nitrogens is 6. The number of allylic oxidation sites excluding steroid dienone is 1. The number of nitrogens with zero attached hydrogens (tertiary/aromatic N) is 8. The Morgan fingerprint density at radius 3 is 2.89 bits per heavy atom. The molecule has 0 radical (unpaired) electrons. The van der Waals surface area contributed by atoms with Gasteiger partial charge in [0.15, 0.2) is 11.5 Å². The highest BCUT2D eigenvalue weighted by molar-refractivity contribution is 7.74. The average molecular weight is 505 g/mol. The molecule has 12 heteroatoms. The van der Waals surface area contributed by atoms with E-state index in [2.05, 4.69) is 50.1 Å². The Kier molecular flexibility index (Phi) is 6.37. The Balaban J connectivity index is 1.61. The van der Waals surface area contributed by atoms with Crippen LogP contribution in [0.1, 0.15) is 16.8 Å². The maximum atomic E-state index is 13.2. The zero-order chi connectivity index (χ0) is 25.4. The Morgan fingerprint density at radius 1 is 1.28 bits per heavy atom. The van der Waals surface area contributed by atoms with Crippen LogP contribution in [0.25, 0.3) is 16.9 Å². The molecule has 1 aliphatic heterocycles. The van der Waals surface area contributed by atoms with Gasteiger partial charge in [0, 0.05) is 31.4 Å². The smallest absolute Gasteiger partial charge is 0.278 e. The Bertz CT molecular complexity index is 1630. The van der Waals surface area contributed by atoms with Crippen molar-refractivity contribution in [2.45, 2.75) is 26.4 Å². The van der Waals surface area contributed by atoms with Crippen LogP contribution in [0.2, 0.25) is 0 Å². The molecule has 1 N–H and O–H groups in total. The summed E-state index contributed by atoms with van der Waals surface area (Å²) in [6, 6.07) is 7.10. The van der Waals surface area contributed by atoms with Gasteiger partial charge in [0.1, 0.15) is 17.0 Å². The van der Waals surface area contributed by atoms with E-state index in [-0.39, 0.29) is 12.1 Å². The third-order valence-electron chi connectivity index (χ3n) is 5.97. The van der Waals surface area contributed by atoms with E-state index in [0.717, 1.165) is 30.8 Å². The van der Waals surface area contributed by atoms with Gasteiger partial charge >= 0.3 is 0 Å². The highest BCUT2D eigenvalue weighted by atomic mass is 32.2. The molecule has 4 aromatic heterocycles. The quantitative estimate of drug-likeness (QED) is 0.314.